The summed E-state index contributed by atoms with van der Waals surface area (Å²) < 4.78 is 0. The third-order valence-corrected chi connectivity index (χ3v) is 2.52. The van der Waals surface area contributed by atoms with Crippen molar-refractivity contribution in [2.75, 3.05) is 0 Å². The summed E-state index contributed by atoms with van der Waals surface area (Å²) in [6.45, 7) is 3.25. The van der Waals surface area contributed by atoms with Crippen LogP contribution in [-0.4, -0.2) is 33.2 Å². The summed E-state index contributed by atoms with van der Waals surface area (Å²) in [6, 6.07) is 19.3. The van der Waals surface area contributed by atoms with Gasteiger partial charge < -0.3 is 15.3 Å². The topological polar surface area (TPSA) is 112 Å². The summed E-state index contributed by atoms with van der Waals surface area (Å²) in [5.74, 6) is -2.50. The summed E-state index contributed by atoms with van der Waals surface area (Å²) in [5, 5.41) is 27.6. The van der Waals surface area contributed by atoms with E-state index in [-0.39, 0.29) is 21.7 Å². The molecular weight excluding hydrogens is 372 g/mol. The Morgan fingerprint density at radius 2 is 0.885 bits per heavy atom. The second-order valence-corrected chi connectivity index (χ2v) is 4.88. The number of hydrogen-bond donors (Lipinski definition) is 3. The molecule has 0 aliphatic rings. The molecule has 6 nitrogen and oxygen atoms in total. The Bertz CT molecular complexity index is 747. The van der Waals surface area contributed by atoms with E-state index in [1.807, 2.05) is 0 Å². The quantitative estimate of drug-likeness (QED) is 0.393. The summed E-state index contributed by atoms with van der Waals surface area (Å²) in [4.78, 5) is 27.0. The van der Waals surface area contributed by atoms with E-state index in [4.69, 9.17) is 29.7 Å². The van der Waals surface area contributed by atoms with Gasteiger partial charge in [0.25, 0.3) is 17.9 Å². The number of benzene rings is 2. The standard InChI is InChI=1S/C13H9.3C2H4O2.Ti/c1-3-7-12-10(5-1)9-11-6-2-4-8-13(11)12;3*1-2(3)4;/h1-9H;3*1H3,(H,3,4);/q-1;;;;. The Morgan fingerprint density at radius 1 is 0.654 bits per heavy atom. The average Bonchev–Trinajstić information content (AvgIpc) is 2.84. The van der Waals surface area contributed by atoms with Crippen LogP contribution in [0.5, 0.6) is 0 Å². The molecule has 0 aliphatic heterocycles. The van der Waals surface area contributed by atoms with E-state index in [1.165, 1.54) is 21.5 Å². The van der Waals surface area contributed by atoms with E-state index in [9.17, 15) is 0 Å². The van der Waals surface area contributed by atoms with E-state index in [2.05, 4.69) is 54.6 Å². The van der Waals surface area contributed by atoms with Crippen molar-refractivity contribution in [1.29, 1.82) is 0 Å². The SMILES string of the molecule is CC(=O)O.CC(=O)O.CC(=O)O.[Ti].c1ccc2c(c1)[cH-]c1ccccc12. The van der Waals surface area contributed by atoms with Crippen LogP contribution in [0.1, 0.15) is 20.8 Å². The molecule has 7 heteroatoms. The van der Waals surface area contributed by atoms with Gasteiger partial charge in [-0.2, -0.15) is 0 Å². The van der Waals surface area contributed by atoms with Crippen LogP contribution in [0, 0.1) is 0 Å². The van der Waals surface area contributed by atoms with E-state index < -0.39 is 17.9 Å². The van der Waals surface area contributed by atoms with Crippen molar-refractivity contribution < 1.29 is 51.4 Å². The minimum absolute atomic E-state index is 0. The molecule has 0 radical (unpaired) electrons. The summed E-state index contributed by atoms with van der Waals surface area (Å²) in [5.41, 5.74) is 0. The fraction of sp³-hybridized carbons (Fsp3) is 0.158. The van der Waals surface area contributed by atoms with Crippen LogP contribution in [0.25, 0.3) is 21.5 Å². The maximum atomic E-state index is 9.00. The Morgan fingerprint density at radius 3 is 1.15 bits per heavy atom. The number of rotatable bonds is 0. The minimum Gasteiger partial charge on any atom is -0.481 e. The third kappa shape index (κ3) is 11.9. The second kappa shape index (κ2) is 13.7. The van der Waals surface area contributed by atoms with Crippen molar-refractivity contribution in [3.05, 3.63) is 54.6 Å². The normalized spacial score (nSPS) is 8.42. The molecule has 0 spiro atoms. The predicted molar refractivity (Wildman–Crippen MR) is 97.0 cm³/mol. The zero-order valence-corrected chi connectivity index (χ0v) is 16.3. The molecule has 138 valence electrons. The summed E-state index contributed by atoms with van der Waals surface area (Å²) in [6.07, 6.45) is 0. The van der Waals surface area contributed by atoms with Crippen LogP contribution < -0.4 is 0 Å². The van der Waals surface area contributed by atoms with Gasteiger partial charge in [-0.3, -0.25) is 14.4 Å². The van der Waals surface area contributed by atoms with E-state index >= 15 is 0 Å². The van der Waals surface area contributed by atoms with Gasteiger partial charge >= 0.3 is 0 Å². The van der Waals surface area contributed by atoms with Crippen molar-refractivity contribution in [2.24, 2.45) is 0 Å². The smallest absolute Gasteiger partial charge is 0.300 e. The molecule has 0 atom stereocenters. The van der Waals surface area contributed by atoms with Crippen molar-refractivity contribution in [2.45, 2.75) is 20.8 Å². The van der Waals surface area contributed by atoms with Gasteiger partial charge in [0.05, 0.1) is 0 Å². The Hall–Kier alpha value is -2.57. The third-order valence-electron chi connectivity index (χ3n) is 2.52. The number of carboxylic acids is 3. The van der Waals surface area contributed by atoms with E-state index in [0.717, 1.165) is 20.8 Å². The first-order chi connectivity index (χ1) is 11.6. The van der Waals surface area contributed by atoms with Gasteiger partial charge in [0.15, 0.2) is 0 Å². The predicted octanol–water partition coefficient (Wildman–Crippen LogP) is 3.98. The fourth-order valence-electron chi connectivity index (χ4n) is 1.90. The molecule has 0 aliphatic carbocycles. The molecule has 0 amide bonds. The van der Waals surface area contributed by atoms with Crippen LogP contribution in [0.3, 0.4) is 0 Å². The van der Waals surface area contributed by atoms with Crippen molar-refractivity contribution >= 4 is 39.5 Å². The van der Waals surface area contributed by atoms with Gasteiger partial charge in [0.1, 0.15) is 0 Å². The minimum atomic E-state index is -0.833. The first kappa shape index (κ1) is 25.7. The first-order valence-corrected chi connectivity index (χ1v) is 7.27. The van der Waals surface area contributed by atoms with Crippen LogP contribution in [0.15, 0.2) is 54.6 Å². The molecule has 0 saturated carbocycles. The van der Waals surface area contributed by atoms with E-state index in [0.29, 0.717) is 0 Å². The fourth-order valence-corrected chi connectivity index (χ4v) is 1.90. The van der Waals surface area contributed by atoms with Crippen LogP contribution in [0.4, 0.5) is 0 Å². The maximum absolute atomic E-state index is 9.00. The number of hydrogen-bond acceptors (Lipinski definition) is 3. The van der Waals surface area contributed by atoms with Crippen molar-refractivity contribution in [3.63, 3.8) is 0 Å². The largest absolute Gasteiger partial charge is 0.481 e. The number of carboxylic acid groups (broad SMARTS) is 3. The van der Waals surface area contributed by atoms with E-state index in [1.54, 1.807) is 0 Å². The molecule has 3 N–H and O–H groups in total. The number of aliphatic carboxylic acids is 3. The molecule has 0 saturated heterocycles. The number of carbonyl (C=O) groups is 3. The Balaban J connectivity index is 0. The maximum Gasteiger partial charge on any atom is 0.300 e. The molecule has 3 aromatic rings. The van der Waals surface area contributed by atoms with Gasteiger partial charge in [-0.25, -0.2) is 0 Å². The monoisotopic (exact) mass is 393 g/mol. The van der Waals surface area contributed by atoms with Gasteiger partial charge in [0, 0.05) is 42.5 Å². The molecule has 0 unspecified atom stereocenters. The van der Waals surface area contributed by atoms with Gasteiger partial charge in [-0.1, -0.05) is 36.4 Å². The number of fused-ring (bicyclic) bond motifs is 3. The summed E-state index contributed by atoms with van der Waals surface area (Å²) >= 11 is 0. The zero-order valence-electron chi connectivity index (χ0n) is 14.8. The molecular formula is C19H21O6Ti-. The van der Waals surface area contributed by atoms with Gasteiger partial charge in [-0.05, 0) is 0 Å². The second-order valence-electron chi connectivity index (χ2n) is 4.88. The van der Waals surface area contributed by atoms with Crippen LogP contribution in [-0.2, 0) is 36.1 Å². The molecule has 26 heavy (non-hydrogen) atoms. The molecule has 3 aromatic carbocycles. The molecule has 0 heterocycles. The Labute approximate surface area is 166 Å². The van der Waals surface area contributed by atoms with Gasteiger partial charge in [0.2, 0.25) is 0 Å². The summed E-state index contributed by atoms with van der Waals surface area (Å²) in [7, 11) is 0. The molecule has 0 aromatic heterocycles. The van der Waals surface area contributed by atoms with Crippen LogP contribution >= 0.6 is 0 Å². The van der Waals surface area contributed by atoms with Gasteiger partial charge in [-0.15, -0.1) is 39.7 Å². The molecule has 0 fully saturated rings. The first-order valence-electron chi connectivity index (χ1n) is 7.27. The van der Waals surface area contributed by atoms with Crippen LogP contribution in [0.2, 0.25) is 0 Å². The van der Waals surface area contributed by atoms with Crippen molar-refractivity contribution in [3.8, 4) is 0 Å². The molecule has 3 rings (SSSR count). The molecule has 0 bridgehead atoms. The van der Waals surface area contributed by atoms with Crippen molar-refractivity contribution in [1.82, 2.24) is 0 Å². The Kier molecular flexibility index (Phi) is 13.5. The zero-order chi connectivity index (χ0) is 19.4. The average molecular weight is 393 g/mol.